The second-order valence-electron chi connectivity index (χ2n) is 7.27. The summed E-state index contributed by atoms with van der Waals surface area (Å²) in [4.78, 5) is 12.6. The molecule has 7 heteroatoms. The van der Waals surface area contributed by atoms with Crippen LogP contribution in [-0.4, -0.2) is 14.3 Å². The Morgan fingerprint density at radius 2 is 1.53 bits per heavy atom. The first-order valence-electron chi connectivity index (χ1n) is 9.38. The zero-order valence-electron chi connectivity index (χ0n) is 17.0. The van der Waals surface area contributed by atoms with Crippen molar-refractivity contribution in [3.05, 3.63) is 94.3 Å². The lowest BCUT2D eigenvalue weighted by molar-refractivity contribution is 0.0950. The van der Waals surface area contributed by atoms with E-state index < -0.39 is 15.9 Å². The molecular formula is C23H23FN2O3S. The number of sulfonamides is 1. The summed E-state index contributed by atoms with van der Waals surface area (Å²) in [5, 5.41) is 2.72. The van der Waals surface area contributed by atoms with Crippen molar-refractivity contribution in [3.8, 4) is 0 Å². The van der Waals surface area contributed by atoms with Crippen LogP contribution in [0.25, 0.3) is 0 Å². The third kappa shape index (κ3) is 5.24. The lowest BCUT2D eigenvalue weighted by atomic mass is 10.1. The molecule has 0 aliphatic carbocycles. The van der Waals surface area contributed by atoms with Gasteiger partial charge in [0.15, 0.2) is 0 Å². The summed E-state index contributed by atoms with van der Waals surface area (Å²) >= 11 is 0. The Hall–Kier alpha value is -3.19. The number of aryl methyl sites for hydroxylation is 3. The Morgan fingerprint density at radius 3 is 2.17 bits per heavy atom. The number of benzene rings is 3. The van der Waals surface area contributed by atoms with Crippen LogP contribution in [0.3, 0.4) is 0 Å². The van der Waals surface area contributed by atoms with E-state index in [1.54, 1.807) is 43.3 Å². The molecule has 156 valence electrons. The van der Waals surface area contributed by atoms with E-state index in [4.69, 9.17) is 0 Å². The van der Waals surface area contributed by atoms with Gasteiger partial charge in [-0.15, -0.1) is 0 Å². The van der Waals surface area contributed by atoms with Crippen LogP contribution >= 0.6 is 0 Å². The van der Waals surface area contributed by atoms with Crippen molar-refractivity contribution in [2.75, 3.05) is 4.72 Å². The fourth-order valence-corrected chi connectivity index (χ4v) is 4.47. The maximum Gasteiger partial charge on any atom is 0.262 e. The van der Waals surface area contributed by atoms with Crippen molar-refractivity contribution in [3.63, 3.8) is 0 Å². The summed E-state index contributed by atoms with van der Waals surface area (Å²) < 4.78 is 41.5. The molecule has 3 rings (SSSR count). The van der Waals surface area contributed by atoms with E-state index in [-0.39, 0.29) is 22.8 Å². The Kier molecular flexibility index (Phi) is 6.22. The Bertz CT molecular complexity index is 1170. The molecular weight excluding hydrogens is 403 g/mol. The molecule has 2 N–H and O–H groups in total. The van der Waals surface area contributed by atoms with E-state index in [0.29, 0.717) is 11.3 Å². The Labute approximate surface area is 176 Å². The van der Waals surface area contributed by atoms with Crippen LogP contribution in [-0.2, 0) is 16.6 Å². The molecule has 0 saturated heterocycles. The van der Waals surface area contributed by atoms with Gasteiger partial charge in [-0.05, 0) is 79.4 Å². The van der Waals surface area contributed by atoms with Crippen LogP contribution in [0.2, 0.25) is 0 Å². The molecule has 30 heavy (non-hydrogen) atoms. The second kappa shape index (κ2) is 8.67. The largest absolute Gasteiger partial charge is 0.348 e. The number of anilines is 1. The molecule has 0 radical (unpaired) electrons. The van der Waals surface area contributed by atoms with Gasteiger partial charge in [0, 0.05) is 17.8 Å². The molecule has 0 unspecified atom stereocenters. The molecule has 0 spiro atoms. The fraction of sp³-hybridized carbons (Fsp3) is 0.174. The number of rotatable bonds is 6. The number of halogens is 1. The van der Waals surface area contributed by atoms with E-state index in [1.165, 1.54) is 18.2 Å². The van der Waals surface area contributed by atoms with Gasteiger partial charge < -0.3 is 5.32 Å². The van der Waals surface area contributed by atoms with Crippen LogP contribution in [0, 0.1) is 26.6 Å². The summed E-state index contributed by atoms with van der Waals surface area (Å²) in [6, 6.07) is 15.8. The zero-order chi connectivity index (χ0) is 21.9. The third-order valence-corrected chi connectivity index (χ3v) is 6.10. The van der Waals surface area contributed by atoms with Gasteiger partial charge >= 0.3 is 0 Å². The molecule has 0 atom stereocenters. The average Bonchev–Trinajstić information content (AvgIpc) is 2.66. The smallest absolute Gasteiger partial charge is 0.262 e. The number of nitrogens with one attached hydrogen (secondary N) is 2. The Morgan fingerprint density at radius 1 is 0.900 bits per heavy atom. The summed E-state index contributed by atoms with van der Waals surface area (Å²) in [6.07, 6.45) is 0. The molecule has 0 bridgehead atoms. The zero-order valence-corrected chi connectivity index (χ0v) is 17.8. The average molecular weight is 427 g/mol. The first kappa shape index (κ1) is 21.5. The normalized spacial score (nSPS) is 11.2. The standard InChI is InChI=1S/C23H23FN2O3S/c1-15-10-16(2)12-21(11-15)26-30(28,29)22-13-19(7-4-17(22)3)23(27)25-14-18-5-8-20(24)9-6-18/h4-13,26H,14H2,1-3H3,(H,25,27). The van der Waals surface area contributed by atoms with E-state index >= 15 is 0 Å². The summed E-state index contributed by atoms with van der Waals surface area (Å²) in [7, 11) is -3.88. The lowest BCUT2D eigenvalue weighted by Crippen LogP contribution is -2.23. The van der Waals surface area contributed by atoms with Gasteiger partial charge in [-0.25, -0.2) is 12.8 Å². The maximum absolute atomic E-state index is 13.0. The van der Waals surface area contributed by atoms with E-state index in [9.17, 15) is 17.6 Å². The minimum atomic E-state index is -3.88. The summed E-state index contributed by atoms with van der Waals surface area (Å²) in [6.45, 7) is 5.66. The van der Waals surface area contributed by atoms with Crippen molar-refractivity contribution in [1.82, 2.24) is 5.32 Å². The van der Waals surface area contributed by atoms with Crippen LogP contribution in [0.5, 0.6) is 0 Å². The predicted molar refractivity (Wildman–Crippen MR) is 115 cm³/mol. The van der Waals surface area contributed by atoms with Gasteiger partial charge in [0.1, 0.15) is 5.82 Å². The molecule has 3 aromatic rings. The maximum atomic E-state index is 13.0. The van der Waals surface area contributed by atoms with Crippen molar-refractivity contribution in [2.45, 2.75) is 32.2 Å². The summed E-state index contributed by atoms with van der Waals surface area (Å²) in [5.41, 5.74) is 3.85. The molecule has 3 aromatic carbocycles. The molecule has 0 fully saturated rings. The van der Waals surface area contributed by atoms with Gasteiger partial charge in [0.05, 0.1) is 4.90 Å². The Balaban J connectivity index is 1.81. The fourth-order valence-electron chi connectivity index (χ4n) is 3.16. The molecule has 0 saturated carbocycles. The third-order valence-electron chi connectivity index (χ3n) is 4.58. The van der Waals surface area contributed by atoms with E-state index in [2.05, 4.69) is 10.0 Å². The first-order valence-corrected chi connectivity index (χ1v) is 10.9. The molecule has 0 aliphatic rings. The molecule has 1 amide bonds. The lowest BCUT2D eigenvalue weighted by Gasteiger charge is -2.13. The highest BCUT2D eigenvalue weighted by Gasteiger charge is 2.19. The molecule has 0 aliphatic heterocycles. The number of hydrogen-bond acceptors (Lipinski definition) is 3. The number of carbonyl (C=O) groups excluding carboxylic acids is 1. The van der Waals surface area contributed by atoms with Crippen LogP contribution in [0.1, 0.15) is 32.6 Å². The van der Waals surface area contributed by atoms with E-state index in [1.807, 2.05) is 19.9 Å². The highest BCUT2D eigenvalue weighted by molar-refractivity contribution is 7.92. The SMILES string of the molecule is Cc1cc(C)cc(NS(=O)(=O)c2cc(C(=O)NCc3ccc(F)cc3)ccc2C)c1. The van der Waals surface area contributed by atoms with Gasteiger partial charge in [0.2, 0.25) is 0 Å². The highest BCUT2D eigenvalue weighted by atomic mass is 32.2. The van der Waals surface area contributed by atoms with Crippen molar-refractivity contribution in [1.29, 1.82) is 0 Å². The predicted octanol–water partition coefficient (Wildman–Crippen LogP) is 4.48. The van der Waals surface area contributed by atoms with Crippen molar-refractivity contribution < 1.29 is 17.6 Å². The number of amides is 1. The van der Waals surface area contributed by atoms with Crippen LogP contribution in [0.4, 0.5) is 10.1 Å². The number of carbonyl (C=O) groups is 1. The van der Waals surface area contributed by atoms with E-state index in [0.717, 1.165) is 16.7 Å². The molecule has 0 aromatic heterocycles. The minimum absolute atomic E-state index is 0.0380. The van der Waals surface area contributed by atoms with Gasteiger partial charge in [-0.3, -0.25) is 9.52 Å². The first-order chi connectivity index (χ1) is 14.1. The monoisotopic (exact) mass is 426 g/mol. The summed E-state index contributed by atoms with van der Waals surface area (Å²) in [5.74, 6) is -0.767. The molecule has 5 nitrogen and oxygen atoms in total. The minimum Gasteiger partial charge on any atom is -0.348 e. The van der Waals surface area contributed by atoms with Crippen molar-refractivity contribution >= 4 is 21.6 Å². The van der Waals surface area contributed by atoms with Gasteiger partial charge in [0.25, 0.3) is 15.9 Å². The van der Waals surface area contributed by atoms with Crippen LogP contribution in [0.15, 0.2) is 65.6 Å². The van der Waals surface area contributed by atoms with Gasteiger partial charge in [-0.1, -0.05) is 24.3 Å². The number of hydrogen-bond donors (Lipinski definition) is 2. The molecule has 0 heterocycles. The quantitative estimate of drug-likeness (QED) is 0.610. The second-order valence-corrected chi connectivity index (χ2v) is 8.92. The topological polar surface area (TPSA) is 75.3 Å². The highest BCUT2D eigenvalue weighted by Crippen LogP contribution is 2.22. The van der Waals surface area contributed by atoms with Gasteiger partial charge in [-0.2, -0.15) is 0 Å². The van der Waals surface area contributed by atoms with Crippen molar-refractivity contribution in [2.24, 2.45) is 0 Å². The van der Waals surface area contributed by atoms with Crippen LogP contribution < -0.4 is 10.0 Å².